The van der Waals surface area contributed by atoms with Gasteiger partial charge in [-0.25, -0.2) is 0 Å². The van der Waals surface area contributed by atoms with Crippen LogP contribution in [0.4, 0.5) is 11.4 Å². The van der Waals surface area contributed by atoms with Crippen molar-refractivity contribution >= 4 is 23.2 Å². The Morgan fingerprint density at radius 2 is 1.64 bits per heavy atom. The molecule has 1 heterocycles. The number of nitrogens with zero attached hydrogens (tertiary/aromatic N) is 2. The van der Waals surface area contributed by atoms with Crippen LogP contribution in [0.15, 0.2) is 24.3 Å². The minimum atomic E-state index is 0.0850. The van der Waals surface area contributed by atoms with Gasteiger partial charge in [0.25, 0.3) is 0 Å². The molecule has 2 fully saturated rings. The van der Waals surface area contributed by atoms with Gasteiger partial charge in [-0.2, -0.15) is 0 Å². The van der Waals surface area contributed by atoms with Gasteiger partial charge in [0.1, 0.15) is 0 Å². The average Bonchev–Trinajstić information content (AvgIpc) is 3.16. The van der Waals surface area contributed by atoms with E-state index in [-0.39, 0.29) is 17.7 Å². The van der Waals surface area contributed by atoms with E-state index in [9.17, 15) is 9.59 Å². The highest BCUT2D eigenvalue weighted by Gasteiger charge is 2.26. The molecule has 25 heavy (non-hydrogen) atoms. The summed E-state index contributed by atoms with van der Waals surface area (Å²) in [5, 5.41) is 3.06. The summed E-state index contributed by atoms with van der Waals surface area (Å²) in [5.41, 5.74) is 2.01. The quantitative estimate of drug-likeness (QED) is 0.914. The molecule has 1 saturated carbocycles. The zero-order valence-electron chi connectivity index (χ0n) is 15.3. The molecule has 1 aromatic carbocycles. The number of carbonyl (C=O) groups is 2. The fourth-order valence-electron chi connectivity index (χ4n) is 3.96. The van der Waals surface area contributed by atoms with Crippen LogP contribution in [0.2, 0.25) is 0 Å². The van der Waals surface area contributed by atoms with Crippen molar-refractivity contribution < 1.29 is 9.59 Å². The Kier molecular flexibility index (Phi) is 5.61. The van der Waals surface area contributed by atoms with E-state index < -0.39 is 0 Å². The Labute approximate surface area is 150 Å². The van der Waals surface area contributed by atoms with Gasteiger partial charge in [-0.15, -0.1) is 0 Å². The van der Waals surface area contributed by atoms with Gasteiger partial charge in [0.2, 0.25) is 11.8 Å². The van der Waals surface area contributed by atoms with Crippen molar-refractivity contribution in [2.24, 2.45) is 11.8 Å². The highest BCUT2D eigenvalue weighted by atomic mass is 16.2. The lowest BCUT2D eigenvalue weighted by Gasteiger charge is -2.35. The summed E-state index contributed by atoms with van der Waals surface area (Å²) in [6.07, 6.45) is 4.88. The molecule has 1 unspecified atom stereocenters. The normalized spacial score (nSPS) is 19.8. The number of carbonyl (C=O) groups excluding carboxylic acids is 2. The summed E-state index contributed by atoms with van der Waals surface area (Å²) in [4.78, 5) is 28.0. The predicted molar refractivity (Wildman–Crippen MR) is 101 cm³/mol. The molecule has 5 nitrogen and oxygen atoms in total. The van der Waals surface area contributed by atoms with Gasteiger partial charge >= 0.3 is 0 Å². The second-order valence-electron chi connectivity index (χ2n) is 7.36. The third-order valence-electron chi connectivity index (χ3n) is 5.75. The molecule has 0 aromatic heterocycles. The zero-order valence-corrected chi connectivity index (χ0v) is 15.3. The minimum Gasteiger partial charge on any atom is -0.368 e. The minimum absolute atomic E-state index is 0.0850. The number of hydrogen-bond acceptors (Lipinski definition) is 3. The lowest BCUT2D eigenvalue weighted by molar-refractivity contribution is -0.129. The molecule has 2 aliphatic rings. The molecule has 5 heteroatoms. The van der Waals surface area contributed by atoms with Gasteiger partial charge in [0, 0.05) is 50.4 Å². The summed E-state index contributed by atoms with van der Waals surface area (Å²) in [5.74, 6) is 0.905. The zero-order chi connectivity index (χ0) is 17.8. The average molecular weight is 343 g/mol. The first-order valence-corrected chi connectivity index (χ1v) is 9.46. The molecule has 0 spiro atoms. The first-order chi connectivity index (χ1) is 12.0. The Hall–Kier alpha value is -2.04. The molecule has 136 valence electrons. The van der Waals surface area contributed by atoms with Gasteiger partial charge in [-0.05, 0) is 43.0 Å². The van der Waals surface area contributed by atoms with Crippen LogP contribution in [0.25, 0.3) is 0 Å². The highest BCUT2D eigenvalue weighted by Crippen LogP contribution is 2.32. The lowest BCUT2D eigenvalue weighted by atomic mass is 9.92. The molecule has 2 amide bonds. The van der Waals surface area contributed by atoms with Crippen molar-refractivity contribution in [2.45, 2.75) is 39.5 Å². The monoisotopic (exact) mass is 343 g/mol. The first-order valence-electron chi connectivity index (χ1n) is 9.46. The molecule has 1 atom stereocenters. The van der Waals surface area contributed by atoms with E-state index in [1.54, 1.807) is 6.92 Å². The van der Waals surface area contributed by atoms with E-state index in [1.807, 2.05) is 24.0 Å². The highest BCUT2D eigenvalue weighted by molar-refractivity contribution is 5.92. The lowest BCUT2D eigenvalue weighted by Crippen LogP contribution is -2.48. The number of rotatable bonds is 4. The van der Waals surface area contributed by atoms with Gasteiger partial charge in [-0.1, -0.05) is 19.8 Å². The van der Waals surface area contributed by atoms with Crippen LogP contribution in [-0.2, 0) is 9.59 Å². The van der Waals surface area contributed by atoms with Crippen molar-refractivity contribution in [1.82, 2.24) is 4.90 Å². The second-order valence-corrected chi connectivity index (χ2v) is 7.36. The van der Waals surface area contributed by atoms with Crippen molar-refractivity contribution in [3.63, 3.8) is 0 Å². The number of hydrogen-bond donors (Lipinski definition) is 1. The maximum absolute atomic E-state index is 12.4. The van der Waals surface area contributed by atoms with E-state index in [0.29, 0.717) is 5.92 Å². The maximum atomic E-state index is 12.4. The molecule has 0 bridgehead atoms. The third-order valence-corrected chi connectivity index (χ3v) is 5.75. The van der Waals surface area contributed by atoms with E-state index in [1.165, 1.54) is 25.7 Å². The van der Waals surface area contributed by atoms with Crippen LogP contribution >= 0.6 is 0 Å². The molecule has 1 saturated heterocycles. The molecular weight excluding hydrogens is 314 g/mol. The fraction of sp³-hybridized carbons (Fsp3) is 0.600. The largest absolute Gasteiger partial charge is 0.368 e. The summed E-state index contributed by atoms with van der Waals surface area (Å²) in [7, 11) is 0. The molecule has 0 radical (unpaired) electrons. The molecule has 1 aliphatic carbocycles. The standard InChI is InChI=1S/C20H29N3O2/c1-15(17-5-3-4-6-17)20(25)21-18-7-9-19(10-8-18)23-13-11-22(12-14-23)16(2)24/h7-10,15,17H,3-6,11-14H2,1-2H3,(H,21,25). The van der Waals surface area contributed by atoms with E-state index in [2.05, 4.69) is 22.3 Å². The van der Waals surface area contributed by atoms with E-state index in [0.717, 1.165) is 37.6 Å². The Bertz CT molecular complexity index is 600. The third kappa shape index (κ3) is 4.33. The number of benzene rings is 1. The van der Waals surface area contributed by atoms with Gasteiger partial charge in [-0.3, -0.25) is 9.59 Å². The molecule has 1 aliphatic heterocycles. The molecule has 3 rings (SSSR count). The van der Waals surface area contributed by atoms with Crippen LogP contribution in [0.5, 0.6) is 0 Å². The van der Waals surface area contributed by atoms with E-state index >= 15 is 0 Å². The van der Waals surface area contributed by atoms with Crippen LogP contribution in [0.3, 0.4) is 0 Å². The number of anilines is 2. The predicted octanol–water partition coefficient (Wildman–Crippen LogP) is 3.12. The summed E-state index contributed by atoms with van der Waals surface area (Å²) in [6.45, 7) is 6.92. The second kappa shape index (κ2) is 7.89. The van der Waals surface area contributed by atoms with E-state index in [4.69, 9.17) is 0 Å². The van der Waals surface area contributed by atoms with Crippen molar-refractivity contribution in [2.75, 3.05) is 36.4 Å². The summed E-state index contributed by atoms with van der Waals surface area (Å²) >= 11 is 0. The summed E-state index contributed by atoms with van der Waals surface area (Å²) in [6, 6.07) is 8.07. The van der Waals surface area contributed by atoms with Gasteiger partial charge < -0.3 is 15.1 Å². The van der Waals surface area contributed by atoms with Crippen molar-refractivity contribution in [1.29, 1.82) is 0 Å². The van der Waals surface area contributed by atoms with Crippen molar-refractivity contribution in [3.05, 3.63) is 24.3 Å². The number of nitrogens with one attached hydrogen (secondary N) is 1. The topological polar surface area (TPSA) is 52.7 Å². The van der Waals surface area contributed by atoms with Crippen LogP contribution in [0.1, 0.15) is 39.5 Å². The van der Waals surface area contributed by atoms with Crippen molar-refractivity contribution in [3.8, 4) is 0 Å². The van der Waals surface area contributed by atoms with Crippen LogP contribution in [-0.4, -0.2) is 42.9 Å². The molecule has 1 aromatic rings. The number of amides is 2. The Balaban J connectivity index is 1.53. The Morgan fingerprint density at radius 1 is 1.04 bits per heavy atom. The first kappa shape index (κ1) is 17.8. The van der Waals surface area contributed by atoms with Gasteiger partial charge in [0.05, 0.1) is 0 Å². The SMILES string of the molecule is CC(=O)N1CCN(c2ccc(NC(=O)C(C)C3CCCC3)cc2)CC1. The van der Waals surface area contributed by atoms with Crippen LogP contribution in [0, 0.1) is 11.8 Å². The summed E-state index contributed by atoms with van der Waals surface area (Å²) < 4.78 is 0. The Morgan fingerprint density at radius 3 is 2.20 bits per heavy atom. The molecule has 1 N–H and O–H groups in total. The van der Waals surface area contributed by atoms with Crippen LogP contribution < -0.4 is 10.2 Å². The fourth-order valence-corrected chi connectivity index (χ4v) is 3.96. The molecular formula is C20H29N3O2. The smallest absolute Gasteiger partial charge is 0.227 e. The van der Waals surface area contributed by atoms with Gasteiger partial charge in [0.15, 0.2) is 0 Å². The number of piperazine rings is 1. The maximum Gasteiger partial charge on any atom is 0.227 e.